The predicted molar refractivity (Wildman–Crippen MR) is 74.0 cm³/mol. The van der Waals surface area contributed by atoms with Crippen molar-refractivity contribution in [2.75, 3.05) is 5.75 Å². The van der Waals surface area contributed by atoms with Gasteiger partial charge in [0.25, 0.3) is 0 Å². The first-order valence-electron chi connectivity index (χ1n) is 6.41. The van der Waals surface area contributed by atoms with Crippen molar-refractivity contribution in [1.29, 1.82) is 0 Å². The Morgan fingerprint density at radius 1 is 1.25 bits per heavy atom. The molecule has 0 unspecified atom stereocenters. The predicted octanol–water partition coefficient (Wildman–Crippen LogP) is 3.38. The van der Waals surface area contributed by atoms with E-state index in [1.54, 1.807) is 0 Å². The number of carbonyl (C=O) groups is 1. The van der Waals surface area contributed by atoms with Gasteiger partial charge in [-0.2, -0.15) is 11.8 Å². The molecule has 0 saturated carbocycles. The topological polar surface area (TPSA) is 43.1 Å². The number of rotatable bonds is 9. The zero-order valence-corrected chi connectivity index (χ0v) is 12.0. The maximum atomic E-state index is 11.4. The summed E-state index contributed by atoms with van der Waals surface area (Å²) in [5.74, 6) is 0.950. The van der Waals surface area contributed by atoms with E-state index in [0.29, 0.717) is 11.2 Å². The standard InChI is InChI=1S/C13H27NOS/c1-5-8-13(4,9-6-2)16-10-11(14)12(15)7-3/h11H,5-10,14H2,1-4H3/t11-/m0/s1. The van der Waals surface area contributed by atoms with Crippen LogP contribution in [0, 0.1) is 0 Å². The summed E-state index contributed by atoms with van der Waals surface area (Å²) in [5, 5.41) is 0. The molecule has 0 fully saturated rings. The van der Waals surface area contributed by atoms with Gasteiger partial charge in [-0.3, -0.25) is 4.79 Å². The van der Waals surface area contributed by atoms with Crippen LogP contribution in [0.4, 0.5) is 0 Å². The molecule has 96 valence electrons. The maximum absolute atomic E-state index is 11.4. The second-order valence-electron chi connectivity index (χ2n) is 4.69. The van der Waals surface area contributed by atoms with Crippen molar-refractivity contribution in [3.8, 4) is 0 Å². The van der Waals surface area contributed by atoms with E-state index < -0.39 is 0 Å². The normalized spacial score (nSPS) is 13.8. The lowest BCUT2D eigenvalue weighted by Crippen LogP contribution is -2.34. The van der Waals surface area contributed by atoms with Crippen molar-refractivity contribution in [1.82, 2.24) is 0 Å². The highest BCUT2D eigenvalue weighted by Gasteiger charge is 2.24. The van der Waals surface area contributed by atoms with E-state index in [1.807, 2.05) is 18.7 Å². The molecule has 0 spiro atoms. The lowest BCUT2D eigenvalue weighted by molar-refractivity contribution is -0.119. The Morgan fingerprint density at radius 3 is 2.12 bits per heavy atom. The summed E-state index contributed by atoms with van der Waals surface area (Å²) >= 11 is 1.88. The molecule has 0 aliphatic carbocycles. The molecular weight excluding hydrogens is 218 g/mol. The molecule has 2 N–H and O–H groups in total. The van der Waals surface area contributed by atoms with Gasteiger partial charge in [-0.05, 0) is 12.8 Å². The van der Waals surface area contributed by atoms with E-state index >= 15 is 0 Å². The fourth-order valence-electron chi connectivity index (χ4n) is 1.97. The third-order valence-electron chi connectivity index (χ3n) is 2.93. The van der Waals surface area contributed by atoms with Crippen LogP contribution in [0.15, 0.2) is 0 Å². The van der Waals surface area contributed by atoms with Crippen molar-refractivity contribution >= 4 is 17.5 Å². The first kappa shape index (κ1) is 16.0. The van der Waals surface area contributed by atoms with Gasteiger partial charge in [0, 0.05) is 16.9 Å². The van der Waals surface area contributed by atoms with Crippen molar-refractivity contribution < 1.29 is 4.79 Å². The molecular formula is C13H27NOS. The molecule has 0 saturated heterocycles. The number of ketones is 1. The number of hydrogen-bond donors (Lipinski definition) is 1. The molecule has 0 bridgehead atoms. The lowest BCUT2D eigenvalue weighted by atomic mass is 10.00. The van der Waals surface area contributed by atoms with E-state index in [2.05, 4.69) is 20.8 Å². The Hall–Kier alpha value is -0.0200. The van der Waals surface area contributed by atoms with Crippen LogP contribution in [0.2, 0.25) is 0 Å². The Kier molecular flexibility index (Phi) is 8.12. The highest BCUT2D eigenvalue weighted by molar-refractivity contribution is 8.00. The molecule has 0 rings (SSSR count). The number of carbonyl (C=O) groups excluding carboxylic acids is 1. The number of thioether (sulfide) groups is 1. The average molecular weight is 245 g/mol. The molecule has 16 heavy (non-hydrogen) atoms. The molecule has 0 aliphatic heterocycles. The van der Waals surface area contributed by atoms with Crippen LogP contribution in [-0.4, -0.2) is 22.3 Å². The van der Waals surface area contributed by atoms with E-state index in [0.717, 1.165) is 5.75 Å². The van der Waals surface area contributed by atoms with Crippen molar-refractivity contribution in [2.24, 2.45) is 5.73 Å². The quantitative estimate of drug-likeness (QED) is 0.677. The Balaban J connectivity index is 4.15. The molecule has 0 aliphatic rings. The lowest BCUT2D eigenvalue weighted by Gasteiger charge is -2.29. The summed E-state index contributed by atoms with van der Waals surface area (Å²) < 4.78 is 0.301. The summed E-state index contributed by atoms with van der Waals surface area (Å²) in [6, 6.07) is -0.275. The molecule has 0 radical (unpaired) electrons. The van der Waals surface area contributed by atoms with E-state index in [4.69, 9.17) is 5.73 Å². The molecule has 0 heterocycles. The molecule has 0 aromatic carbocycles. The van der Waals surface area contributed by atoms with Gasteiger partial charge < -0.3 is 5.73 Å². The smallest absolute Gasteiger partial charge is 0.150 e. The van der Waals surface area contributed by atoms with Gasteiger partial charge >= 0.3 is 0 Å². The van der Waals surface area contributed by atoms with Crippen molar-refractivity contribution in [2.45, 2.75) is 70.6 Å². The number of nitrogens with two attached hydrogens (primary N) is 1. The molecule has 0 amide bonds. The van der Waals surface area contributed by atoms with Crippen molar-refractivity contribution in [3.05, 3.63) is 0 Å². The first-order valence-corrected chi connectivity index (χ1v) is 7.39. The summed E-state index contributed by atoms with van der Waals surface area (Å²) in [4.78, 5) is 11.4. The largest absolute Gasteiger partial charge is 0.321 e. The maximum Gasteiger partial charge on any atom is 0.150 e. The van der Waals surface area contributed by atoms with Crippen LogP contribution in [0.5, 0.6) is 0 Å². The monoisotopic (exact) mass is 245 g/mol. The minimum Gasteiger partial charge on any atom is -0.321 e. The summed E-state index contributed by atoms with van der Waals surface area (Å²) in [6.07, 6.45) is 5.36. The molecule has 0 aromatic heterocycles. The first-order chi connectivity index (χ1) is 7.49. The van der Waals surface area contributed by atoms with Gasteiger partial charge in [0.1, 0.15) is 5.78 Å². The molecule has 1 atom stereocenters. The Labute approximate surface area is 105 Å². The number of Topliss-reactive ketones (excluding diaryl/α,β-unsaturated/α-hetero) is 1. The zero-order valence-electron chi connectivity index (χ0n) is 11.2. The van der Waals surface area contributed by atoms with Gasteiger partial charge in [0.2, 0.25) is 0 Å². The minimum atomic E-state index is -0.275. The average Bonchev–Trinajstić information content (AvgIpc) is 2.25. The Bertz CT molecular complexity index is 200. The minimum absolute atomic E-state index is 0.183. The zero-order chi connectivity index (χ0) is 12.6. The fraction of sp³-hybridized carbons (Fsp3) is 0.923. The molecule has 3 heteroatoms. The van der Waals surface area contributed by atoms with Crippen LogP contribution in [0.25, 0.3) is 0 Å². The SMILES string of the molecule is CCCC(C)(CCC)SC[C@H](N)C(=O)CC. The van der Waals surface area contributed by atoms with Crippen LogP contribution in [0.3, 0.4) is 0 Å². The van der Waals surface area contributed by atoms with E-state index in [-0.39, 0.29) is 11.8 Å². The van der Waals surface area contributed by atoms with Gasteiger partial charge in [0.05, 0.1) is 6.04 Å². The third-order valence-corrected chi connectivity index (χ3v) is 4.56. The van der Waals surface area contributed by atoms with Gasteiger partial charge in [-0.1, -0.05) is 40.5 Å². The second-order valence-corrected chi connectivity index (χ2v) is 6.29. The summed E-state index contributed by atoms with van der Waals surface area (Å²) in [5.41, 5.74) is 5.86. The van der Waals surface area contributed by atoms with Crippen LogP contribution >= 0.6 is 11.8 Å². The summed E-state index contributed by atoms with van der Waals surface area (Å²) in [6.45, 7) is 8.61. The van der Waals surface area contributed by atoms with Gasteiger partial charge in [-0.25, -0.2) is 0 Å². The highest BCUT2D eigenvalue weighted by atomic mass is 32.2. The van der Waals surface area contributed by atoms with Gasteiger partial charge in [0.15, 0.2) is 0 Å². The summed E-state index contributed by atoms with van der Waals surface area (Å²) in [7, 11) is 0. The molecule has 2 nitrogen and oxygen atoms in total. The third kappa shape index (κ3) is 5.90. The van der Waals surface area contributed by atoms with E-state index in [1.165, 1.54) is 25.7 Å². The van der Waals surface area contributed by atoms with E-state index in [9.17, 15) is 4.79 Å². The van der Waals surface area contributed by atoms with Crippen LogP contribution < -0.4 is 5.73 Å². The number of hydrogen-bond acceptors (Lipinski definition) is 3. The second kappa shape index (κ2) is 8.13. The van der Waals surface area contributed by atoms with Gasteiger partial charge in [-0.15, -0.1) is 0 Å². The fourth-order valence-corrected chi connectivity index (χ4v) is 3.44. The molecule has 0 aromatic rings. The van der Waals surface area contributed by atoms with Crippen LogP contribution in [0.1, 0.15) is 59.8 Å². The highest BCUT2D eigenvalue weighted by Crippen LogP contribution is 2.34. The van der Waals surface area contributed by atoms with Crippen molar-refractivity contribution in [3.63, 3.8) is 0 Å². The van der Waals surface area contributed by atoms with Crippen LogP contribution in [-0.2, 0) is 4.79 Å². The Morgan fingerprint density at radius 2 is 1.75 bits per heavy atom.